The summed E-state index contributed by atoms with van der Waals surface area (Å²) in [5.41, 5.74) is 7.33. The molecule has 86 valence electrons. The second-order valence-electron chi connectivity index (χ2n) is 3.69. The van der Waals surface area contributed by atoms with Gasteiger partial charge in [0.15, 0.2) is 11.5 Å². The molecule has 1 aromatic carbocycles. The number of aromatic nitrogens is 2. The van der Waals surface area contributed by atoms with Crippen LogP contribution in [-0.4, -0.2) is 23.2 Å². The zero-order valence-electron chi connectivity index (χ0n) is 9.09. The summed E-state index contributed by atoms with van der Waals surface area (Å²) in [6.45, 7) is 1.17. The van der Waals surface area contributed by atoms with Gasteiger partial charge in [-0.05, 0) is 17.7 Å². The molecule has 2 aromatic rings. The molecular weight excluding hydrogens is 218 g/mol. The summed E-state index contributed by atoms with van der Waals surface area (Å²) in [6.07, 6.45) is 3.38. The van der Waals surface area contributed by atoms with Gasteiger partial charge in [-0.1, -0.05) is 6.07 Å². The Morgan fingerprint density at radius 1 is 0.941 bits per heavy atom. The summed E-state index contributed by atoms with van der Waals surface area (Å²) in [7, 11) is 0. The van der Waals surface area contributed by atoms with Crippen molar-refractivity contribution in [3.8, 4) is 22.6 Å². The number of benzene rings is 1. The van der Waals surface area contributed by atoms with Crippen LogP contribution in [-0.2, 0) is 0 Å². The lowest BCUT2D eigenvalue weighted by atomic mass is 10.1. The van der Waals surface area contributed by atoms with Crippen molar-refractivity contribution in [1.29, 1.82) is 0 Å². The minimum Gasteiger partial charge on any atom is -0.486 e. The highest BCUT2D eigenvalue weighted by Crippen LogP contribution is 2.34. The van der Waals surface area contributed by atoms with Gasteiger partial charge in [0.05, 0.1) is 0 Å². The minimum atomic E-state index is 0.270. The smallest absolute Gasteiger partial charge is 0.219 e. The summed E-state index contributed by atoms with van der Waals surface area (Å²) < 4.78 is 11.0. The van der Waals surface area contributed by atoms with Crippen molar-refractivity contribution in [3.63, 3.8) is 0 Å². The minimum absolute atomic E-state index is 0.270. The summed E-state index contributed by atoms with van der Waals surface area (Å²) in [4.78, 5) is 7.92. The second kappa shape index (κ2) is 3.93. The number of nitrogens with two attached hydrogens (primary N) is 1. The average Bonchev–Trinajstić information content (AvgIpc) is 2.39. The molecule has 0 atom stereocenters. The van der Waals surface area contributed by atoms with Crippen molar-refractivity contribution in [1.82, 2.24) is 9.97 Å². The van der Waals surface area contributed by atoms with Gasteiger partial charge in [0.2, 0.25) is 5.95 Å². The Bertz CT molecular complexity index is 540. The van der Waals surface area contributed by atoms with Gasteiger partial charge in [-0.25, -0.2) is 9.97 Å². The number of anilines is 1. The molecule has 0 aliphatic carbocycles. The highest BCUT2D eigenvalue weighted by Gasteiger charge is 2.12. The van der Waals surface area contributed by atoms with E-state index < -0.39 is 0 Å². The third kappa shape index (κ3) is 1.87. The van der Waals surface area contributed by atoms with Crippen molar-refractivity contribution >= 4 is 5.95 Å². The van der Waals surface area contributed by atoms with Crippen LogP contribution in [0.1, 0.15) is 0 Å². The highest BCUT2D eigenvalue weighted by atomic mass is 16.6. The zero-order valence-corrected chi connectivity index (χ0v) is 9.09. The number of nitrogens with zero attached hydrogens (tertiary/aromatic N) is 2. The van der Waals surface area contributed by atoms with Gasteiger partial charge < -0.3 is 15.2 Å². The van der Waals surface area contributed by atoms with Crippen LogP contribution in [0.25, 0.3) is 11.1 Å². The molecule has 5 heteroatoms. The van der Waals surface area contributed by atoms with E-state index in [-0.39, 0.29) is 5.95 Å². The molecule has 0 radical (unpaired) electrons. The van der Waals surface area contributed by atoms with Gasteiger partial charge in [-0.3, -0.25) is 0 Å². The molecule has 0 saturated carbocycles. The Balaban J connectivity index is 2.01. The topological polar surface area (TPSA) is 70.3 Å². The van der Waals surface area contributed by atoms with Gasteiger partial charge in [-0.15, -0.1) is 0 Å². The van der Waals surface area contributed by atoms with Gasteiger partial charge in [0.25, 0.3) is 0 Å². The number of fused-ring (bicyclic) bond motifs is 1. The number of hydrogen-bond donors (Lipinski definition) is 1. The van der Waals surface area contributed by atoms with Crippen LogP contribution in [0.2, 0.25) is 0 Å². The van der Waals surface area contributed by atoms with E-state index in [2.05, 4.69) is 9.97 Å². The number of hydrogen-bond acceptors (Lipinski definition) is 5. The maximum absolute atomic E-state index is 5.52. The SMILES string of the molecule is Nc1ncc(-c2ccc3c(c2)OCCO3)cn1. The zero-order chi connectivity index (χ0) is 11.7. The third-order valence-corrected chi connectivity index (χ3v) is 2.55. The number of ether oxygens (including phenoxy) is 2. The van der Waals surface area contributed by atoms with Crippen molar-refractivity contribution in [3.05, 3.63) is 30.6 Å². The summed E-state index contributed by atoms with van der Waals surface area (Å²) in [6, 6.07) is 5.76. The van der Waals surface area contributed by atoms with Crippen LogP contribution in [0.5, 0.6) is 11.5 Å². The van der Waals surface area contributed by atoms with Gasteiger partial charge in [0, 0.05) is 18.0 Å². The van der Waals surface area contributed by atoms with Crippen molar-refractivity contribution in [2.24, 2.45) is 0 Å². The predicted octanol–water partition coefficient (Wildman–Crippen LogP) is 1.50. The molecule has 2 N–H and O–H groups in total. The molecule has 1 aliphatic heterocycles. The molecule has 0 bridgehead atoms. The number of rotatable bonds is 1. The summed E-state index contributed by atoms with van der Waals surface area (Å²) in [5, 5.41) is 0. The fourth-order valence-corrected chi connectivity index (χ4v) is 1.71. The number of nitrogen functional groups attached to an aromatic ring is 1. The van der Waals surface area contributed by atoms with E-state index in [1.165, 1.54) is 0 Å². The Labute approximate surface area is 98.2 Å². The first-order valence-electron chi connectivity index (χ1n) is 5.30. The summed E-state index contributed by atoms with van der Waals surface area (Å²) in [5.74, 6) is 1.80. The Kier molecular flexibility index (Phi) is 2.29. The van der Waals surface area contributed by atoms with Crippen LogP contribution in [0, 0.1) is 0 Å². The van der Waals surface area contributed by atoms with E-state index in [0.717, 1.165) is 22.6 Å². The quantitative estimate of drug-likeness (QED) is 0.802. The molecule has 17 heavy (non-hydrogen) atoms. The maximum atomic E-state index is 5.52. The molecule has 2 heterocycles. The average molecular weight is 229 g/mol. The van der Waals surface area contributed by atoms with Gasteiger partial charge in [-0.2, -0.15) is 0 Å². The van der Waals surface area contributed by atoms with Crippen LogP contribution < -0.4 is 15.2 Å². The van der Waals surface area contributed by atoms with Gasteiger partial charge >= 0.3 is 0 Å². The molecule has 0 amide bonds. The second-order valence-corrected chi connectivity index (χ2v) is 3.69. The highest BCUT2D eigenvalue weighted by molar-refractivity contribution is 5.66. The molecule has 1 aliphatic rings. The Morgan fingerprint density at radius 2 is 1.65 bits per heavy atom. The van der Waals surface area contributed by atoms with Crippen molar-refractivity contribution in [2.75, 3.05) is 18.9 Å². The van der Waals surface area contributed by atoms with E-state index in [1.807, 2.05) is 18.2 Å². The lowest BCUT2D eigenvalue weighted by Gasteiger charge is -2.18. The molecule has 0 unspecified atom stereocenters. The first-order chi connectivity index (χ1) is 8.33. The first-order valence-corrected chi connectivity index (χ1v) is 5.30. The van der Waals surface area contributed by atoms with E-state index in [4.69, 9.17) is 15.2 Å². The van der Waals surface area contributed by atoms with Crippen LogP contribution in [0.4, 0.5) is 5.95 Å². The summed E-state index contributed by atoms with van der Waals surface area (Å²) >= 11 is 0. The predicted molar refractivity (Wildman–Crippen MR) is 62.9 cm³/mol. The Morgan fingerprint density at radius 3 is 2.41 bits per heavy atom. The Hall–Kier alpha value is -2.30. The van der Waals surface area contributed by atoms with Crippen LogP contribution in [0.15, 0.2) is 30.6 Å². The fourth-order valence-electron chi connectivity index (χ4n) is 1.71. The maximum Gasteiger partial charge on any atom is 0.219 e. The molecule has 0 fully saturated rings. The van der Waals surface area contributed by atoms with Crippen molar-refractivity contribution in [2.45, 2.75) is 0 Å². The fraction of sp³-hybridized carbons (Fsp3) is 0.167. The lowest BCUT2D eigenvalue weighted by Crippen LogP contribution is -2.15. The monoisotopic (exact) mass is 229 g/mol. The van der Waals surface area contributed by atoms with E-state index in [0.29, 0.717) is 13.2 Å². The normalized spacial score (nSPS) is 13.4. The van der Waals surface area contributed by atoms with E-state index in [1.54, 1.807) is 12.4 Å². The van der Waals surface area contributed by atoms with E-state index >= 15 is 0 Å². The molecule has 1 aromatic heterocycles. The van der Waals surface area contributed by atoms with Gasteiger partial charge in [0.1, 0.15) is 13.2 Å². The molecule has 5 nitrogen and oxygen atoms in total. The molecular formula is C12H11N3O2. The first kappa shape index (κ1) is 9.89. The largest absolute Gasteiger partial charge is 0.486 e. The molecule has 0 saturated heterocycles. The molecule has 3 rings (SSSR count). The van der Waals surface area contributed by atoms with Crippen LogP contribution in [0.3, 0.4) is 0 Å². The van der Waals surface area contributed by atoms with E-state index in [9.17, 15) is 0 Å². The lowest BCUT2D eigenvalue weighted by molar-refractivity contribution is 0.171. The van der Waals surface area contributed by atoms with Crippen molar-refractivity contribution < 1.29 is 9.47 Å². The van der Waals surface area contributed by atoms with Crippen LogP contribution >= 0.6 is 0 Å². The molecule has 0 spiro atoms. The third-order valence-electron chi connectivity index (χ3n) is 2.55. The standard InChI is InChI=1S/C12H11N3O2/c13-12-14-6-9(7-15-12)8-1-2-10-11(5-8)17-4-3-16-10/h1-2,5-7H,3-4H2,(H2,13,14,15).